The molecule has 0 radical (unpaired) electrons. The first-order valence-electron chi connectivity index (χ1n) is 8.06. The number of nitrogens with one attached hydrogen (secondary N) is 1. The van der Waals surface area contributed by atoms with Gasteiger partial charge >= 0.3 is 0 Å². The van der Waals surface area contributed by atoms with E-state index in [1.807, 2.05) is 12.1 Å². The lowest BCUT2D eigenvalue weighted by Gasteiger charge is -2.18. The summed E-state index contributed by atoms with van der Waals surface area (Å²) in [5, 5.41) is 11.8. The van der Waals surface area contributed by atoms with Crippen LogP contribution in [-0.2, 0) is 6.54 Å². The first-order valence-corrected chi connectivity index (χ1v) is 8.06. The molecule has 1 fully saturated rings. The van der Waals surface area contributed by atoms with Crippen LogP contribution < -0.4 is 5.32 Å². The van der Waals surface area contributed by atoms with Crippen LogP contribution in [-0.4, -0.2) is 10.2 Å². The molecule has 2 aromatic carbocycles. The largest absolute Gasteiger partial charge is 0.424 e. The lowest BCUT2D eigenvalue weighted by molar-refractivity contribution is 0.424. The molecule has 0 unspecified atom stereocenters. The molecule has 1 N–H and O–H groups in total. The van der Waals surface area contributed by atoms with E-state index in [-0.39, 0.29) is 6.04 Å². The second kappa shape index (κ2) is 6.34. The van der Waals surface area contributed by atoms with Crippen LogP contribution in [0.3, 0.4) is 0 Å². The first kappa shape index (κ1) is 14.2. The molecule has 0 saturated heterocycles. The molecule has 3 aromatic rings. The Labute approximate surface area is 135 Å². The second-order valence-electron chi connectivity index (χ2n) is 5.94. The highest BCUT2D eigenvalue weighted by Crippen LogP contribution is 2.39. The van der Waals surface area contributed by atoms with Crippen LogP contribution in [0, 0.1) is 0 Å². The number of aromatic nitrogens is 2. The minimum atomic E-state index is 0.105. The molecular formula is C19H19N3O. The average Bonchev–Trinajstić information content (AvgIpc) is 3.36. The minimum Gasteiger partial charge on any atom is -0.424 e. The second-order valence-corrected chi connectivity index (χ2v) is 5.94. The van der Waals surface area contributed by atoms with Gasteiger partial charge in [0.1, 0.15) is 0 Å². The van der Waals surface area contributed by atoms with Crippen molar-refractivity contribution in [3.05, 3.63) is 83.6 Å². The van der Waals surface area contributed by atoms with Crippen molar-refractivity contribution in [2.45, 2.75) is 31.3 Å². The molecule has 0 bridgehead atoms. The molecule has 1 saturated carbocycles. The van der Waals surface area contributed by atoms with E-state index in [0.29, 0.717) is 18.4 Å². The number of rotatable bonds is 6. The topological polar surface area (TPSA) is 51.0 Å². The van der Waals surface area contributed by atoms with Gasteiger partial charge in [0.2, 0.25) is 11.8 Å². The van der Waals surface area contributed by atoms with E-state index in [4.69, 9.17) is 4.42 Å². The van der Waals surface area contributed by atoms with Crippen molar-refractivity contribution in [1.82, 2.24) is 15.5 Å². The van der Waals surface area contributed by atoms with Gasteiger partial charge in [-0.15, -0.1) is 10.2 Å². The van der Waals surface area contributed by atoms with Crippen LogP contribution in [0.5, 0.6) is 0 Å². The molecule has 0 aliphatic heterocycles. The highest BCUT2D eigenvalue weighted by atomic mass is 16.4. The molecule has 1 aromatic heterocycles. The van der Waals surface area contributed by atoms with Gasteiger partial charge in [-0.3, -0.25) is 5.32 Å². The lowest BCUT2D eigenvalue weighted by Crippen LogP contribution is -2.22. The Kier molecular flexibility index (Phi) is 3.90. The fourth-order valence-electron chi connectivity index (χ4n) is 2.74. The van der Waals surface area contributed by atoms with Gasteiger partial charge in [0.05, 0.1) is 12.6 Å². The predicted octanol–water partition coefficient (Wildman–Crippen LogP) is 3.83. The van der Waals surface area contributed by atoms with Crippen LogP contribution in [0.4, 0.5) is 0 Å². The summed E-state index contributed by atoms with van der Waals surface area (Å²) in [6, 6.07) is 20.9. The third kappa shape index (κ3) is 3.32. The van der Waals surface area contributed by atoms with Gasteiger partial charge in [-0.05, 0) is 24.0 Å². The maximum atomic E-state index is 5.74. The quantitative estimate of drug-likeness (QED) is 0.752. The Morgan fingerprint density at radius 2 is 1.52 bits per heavy atom. The van der Waals surface area contributed by atoms with Crippen molar-refractivity contribution in [3.8, 4) is 0 Å². The highest BCUT2D eigenvalue weighted by molar-refractivity contribution is 5.31. The molecule has 1 aliphatic rings. The first-order chi connectivity index (χ1) is 11.4. The molecule has 1 heterocycles. The van der Waals surface area contributed by atoms with Gasteiger partial charge in [-0.25, -0.2) is 0 Å². The van der Waals surface area contributed by atoms with E-state index >= 15 is 0 Å². The Hall–Kier alpha value is -2.46. The lowest BCUT2D eigenvalue weighted by atomic mass is 9.99. The molecule has 4 heteroatoms. The van der Waals surface area contributed by atoms with Crippen LogP contribution in [0.2, 0.25) is 0 Å². The summed E-state index contributed by atoms with van der Waals surface area (Å²) < 4.78 is 5.74. The van der Waals surface area contributed by atoms with E-state index in [0.717, 1.165) is 5.89 Å². The Morgan fingerprint density at radius 1 is 0.913 bits per heavy atom. The molecule has 0 amide bonds. The van der Waals surface area contributed by atoms with E-state index in [1.54, 1.807) is 0 Å². The summed E-state index contributed by atoms with van der Waals surface area (Å²) in [5.74, 6) is 1.94. The maximum absolute atomic E-state index is 5.74. The Balaban J connectivity index is 1.53. The normalized spacial score (nSPS) is 14.3. The summed E-state index contributed by atoms with van der Waals surface area (Å²) in [5.41, 5.74) is 2.45. The van der Waals surface area contributed by atoms with Crippen LogP contribution >= 0.6 is 0 Å². The monoisotopic (exact) mass is 305 g/mol. The van der Waals surface area contributed by atoms with E-state index in [2.05, 4.69) is 64.0 Å². The molecular weight excluding hydrogens is 286 g/mol. The fourth-order valence-corrected chi connectivity index (χ4v) is 2.74. The zero-order valence-corrected chi connectivity index (χ0v) is 12.9. The standard InChI is InChI=1S/C19H19N3O/c1-3-7-14(8-4-1)18(15-9-5-2-6-10-15)20-13-17-21-22-19(23-17)16-11-12-16/h1-10,16,18,20H,11-13H2. The van der Waals surface area contributed by atoms with Crippen LogP contribution in [0.15, 0.2) is 65.1 Å². The van der Waals surface area contributed by atoms with Gasteiger partial charge in [0, 0.05) is 5.92 Å². The smallest absolute Gasteiger partial charge is 0.230 e. The predicted molar refractivity (Wildman–Crippen MR) is 87.8 cm³/mol. The Bertz CT molecular complexity index is 711. The third-order valence-corrected chi connectivity index (χ3v) is 4.13. The summed E-state index contributed by atoms with van der Waals surface area (Å²) in [7, 11) is 0. The van der Waals surface area contributed by atoms with E-state index in [9.17, 15) is 0 Å². The van der Waals surface area contributed by atoms with Gasteiger partial charge in [0.15, 0.2) is 0 Å². The van der Waals surface area contributed by atoms with Crippen molar-refractivity contribution in [1.29, 1.82) is 0 Å². The molecule has 116 valence electrons. The summed E-state index contributed by atoms with van der Waals surface area (Å²) in [6.45, 7) is 0.564. The molecule has 23 heavy (non-hydrogen) atoms. The number of nitrogens with zero attached hydrogens (tertiary/aromatic N) is 2. The van der Waals surface area contributed by atoms with Crippen molar-refractivity contribution in [2.75, 3.05) is 0 Å². The molecule has 1 aliphatic carbocycles. The average molecular weight is 305 g/mol. The number of benzene rings is 2. The van der Waals surface area contributed by atoms with Crippen LogP contribution in [0.1, 0.15) is 47.7 Å². The summed E-state index contributed by atoms with van der Waals surface area (Å²) in [4.78, 5) is 0. The van der Waals surface area contributed by atoms with Crippen molar-refractivity contribution in [2.24, 2.45) is 0 Å². The minimum absolute atomic E-state index is 0.105. The summed E-state index contributed by atoms with van der Waals surface area (Å²) in [6.07, 6.45) is 2.34. The third-order valence-electron chi connectivity index (χ3n) is 4.13. The van der Waals surface area contributed by atoms with Gasteiger partial charge in [-0.1, -0.05) is 60.7 Å². The summed E-state index contributed by atoms with van der Waals surface area (Å²) >= 11 is 0. The van der Waals surface area contributed by atoms with E-state index < -0.39 is 0 Å². The Morgan fingerprint density at radius 3 is 2.09 bits per heavy atom. The van der Waals surface area contributed by atoms with Crippen molar-refractivity contribution >= 4 is 0 Å². The number of hydrogen-bond donors (Lipinski definition) is 1. The van der Waals surface area contributed by atoms with Gasteiger partial charge < -0.3 is 4.42 Å². The zero-order chi connectivity index (χ0) is 15.5. The molecule has 0 spiro atoms. The van der Waals surface area contributed by atoms with Crippen LogP contribution in [0.25, 0.3) is 0 Å². The SMILES string of the molecule is c1ccc(C(NCc2nnc(C3CC3)o2)c2ccccc2)cc1. The van der Waals surface area contributed by atoms with Crippen molar-refractivity contribution < 1.29 is 4.42 Å². The van der Waals surface area contributed by atoms with Gasteiger partial charge in [-0.2, -0.15) is 0 Å². The molecule has 0 atom stereocenters. The fraction of sp³-hybridized carbons (Fsp3) is 0.263. The maximum Gasteiger partial charge on any atom is 0.230 e. The van der Waals surface area contributed by atoms with E-state index in [1.165, 1.54) is 24.0 Å². The molecule has 4 rings (SSSR count). The zero-order valence-electron chi connectivity index (χ0n) is 12.9. The highest BCUT2D eigenvalue weighted by Gasteiger charge is 2.29. The molecule has 4 nitrogen and oxygen atoms in total. The van der Waals surface area contributed by atoms with Crippen molar-refractivity contribution in [3.63, 3.8) is 0 Å². The van der Waals surface area contributed by atoms with Gasteiger partial charge in [0.25, 0.3) is 0 Å². The number of hydrogen-bond acceptors (Lipinski definition) is 4.